The van der Waals surface area contributed by atoms with Crippen molar-refractivity contribution < 1.29 is 78.1 Å². The van der Waals surface area contributed by atoms with Gasteiger partial charge in [-0.15, -0.1) is 5.10 Å². The van der Waals surface area contributed by atoms with E-state index in [2.05, 4.69) is 89.0 Å². The lowest BCUT2D eigenvalue weighted by atomic mass is 10.1. The third-order valence-electron chi connectivity index (χ3n) is 16.4. The van der Waals surface area contributed by atoms with Crippen molar-refractivity contribution in [2.75, 3.05) is 108 Å². The lowest BCUT2D eigenvalue weighted by Crippen LogP contribution is -2.37. The fourth-order valence-electron chi connectivity index (χ4n) is 10.7. The molecule has 109 heavy (non-hydrogen) atoms. The largest absolute Gasteiger partial charge is 0.492 e. The molecule has 0 radical (unpaired) electrons. The number of aliphatic hydroxyl groups is 1. The molecule has 0 saturated carbocycles. The number of halogens is 9. The first-order chi connectivity index (χ1) is 52.6. The second-order valence-electron chi connectivity index (χ2n) is 24.1. The Morgan fingerprint density at radius 2 is 0.835 bits per heavy atom. The highest BCUT2D eigenvalue weighted by atomic mass is 32.1. The number of ether oxygens (including phenoxy) is 3. The summed E-state index contributed by atoms with van der Waals surface area (Å²) in [5.41, 5.74) is 0.0886. The highest BCUT2D eigenvalue weighted by Crippen LogP contribution is 2.33. The zero-order valence-electron chi connectivity index (χ0n) is 57.6. The first kappa shape index (κ1) is 79.4. The first-order valence-electron chi connectivity index (χ1n) is 33.9. The Balaban J connectivity index is 0.000000153. The van der Waals surface area contributed by atoms with E-state index in [1.54, 1.807) is 67.1 Å². The van der Waals surface area contributed by atoms with Crippen LogP contribution in [0, 0.1) is 0 Å². The van der Waals surface area contributed by atoms with Crippen molar-refractivity contribution in [3.63, 3.8) is 0 Å². The molecule has 0 aliphatic carbocycles. The Bertz CT molecular complexity index is 4570. The number of piperidine rings is 2. The lowest BCUT2D eigenvalue weighted by molar-refractivity contribution is -0.138. The second-order valence-corrected chi connectivity index (χ2v) is 26.3. The number of hydrogen-bond acceptors (Lipinski definition) is 26. The van der Waals surface area contributed by atoms with Crippen LogP contribution in [-0.4, -0.2) is 193 Å². The average molecular weight is 1570 g/mol. The number of rotatable bonds is 21. The topological polar surface area (TPSA) is 314 Å². The Hall–Kier alpha value is -10.7. The fraction of sp³-hybridized carbons (Fsp3) is 0.329. The van der Waals surface area contributed by atoms with Crippen LogP contribution in [0.5, 0.6) is 17.2 Å². The molecule has 11 heterocycles. The normalized spacial score (nSPS) is 14.4. The van der Waals surface area contributed by atoms with Crippen LogP contribution in [0.2, 0.25) is 0 Å². The van der Waals surface area contributed by atoms with Crippen molar-refractivity contribution in [1.29, 1.82) is 0 Å². The van der Waals surface area contributed by atoms with Crippen LogP contribution < -0.4 is 30.3 Å². The smallest absolute Gasteiger partial charge is 0.416 e. The summed E-state index contributed by atoms with van der Waals surface area (Å²) in [6.07, 6.45) is 0.382. The van der Waals surface area contributed by atoms with Gasteiger partial charge in [-0.1, -0.05) is 17.7 Å². The summed E-state index contributed by atoms with van der Waals surface area (Å²) in [5.74, 6) is 0.778. The van der Waals surface area contributed by atoms with E-state index in [-0.39, 0.29) is 44.5 Å². The number of nitrogens with one attached hydrogen (secondary N) is 3. The molecule has 0 unspecified atom stereocenters. The van der Waals surface area contributed by atoms with Crippen molar-refractivity contribution in [2.45, 2.75) is 57.1 Å². The third-order valence-corrected chi connectivity index (χ3v) is 18.3. The van der Waals surface area contributed by atoms with Crippen molar-refractivity contribution in [2.24, 2.45) is 0 Å². The van der Waals surface area contributed by atoms with Gasteiger partial charge in [0.1, 0.15) is 47.3 Å². The van der Waals surface area contributed by atoms with Gasteiger partial charge in [0.15, 0.2) is 23.2 Å². The molecule has 3 aliphatic rings. The maximum Gasteiger partial charge on any atom is 0.416 e. The summed E-state index contributed by atoms with van der Waals surface area (Å²) in [5, 5.41) is 24.6. The number of aromatic nitrogens is 13. The number of β-amino-alcohol motifs (C(OH)–C–C–N with tert-alkyl or cyclic N) is 1. The number of anilines is 3. The van der Waals surface area contributed by atoms with Gasteiger partial charge in [0.05, 0.1) is 36.5 Å². The number of carbonyl (C=O) groups is 3. The van der Waals surface area contributed by atoms with E-state index in [1.807, 2.05) is 0 Å². The minimum absolute atomic E-state index is 0.0481. The van der Waals surface area contributed by atoms with Crippen molar-refractivity contribution >= 4 is 78.9 Å². The van der Waals surface area contributed by atoms with Gasteiger partial charge in [0.25, 0.3) is 17.7 Å². The first-order valence-corrected chi connectivity index (χ1v) is 36.2. The monoisotopic (exact) mass is 1570 g/mol. The summed E-state index contributed by atoms with van der Waals surface area (Å²) in [6, 6.07) is 25.4. The molecule has 3 aromatic carbocycles. The van der Waals surface area contributed by atoms with Crippen LogP contribution in [-0.2, 0) is 23.3 Å². The van der Waals surface area contributed by atoms with Crippen LogP contribution in [0.15, 0.2) is 146 Å². The fourth-order valence-corrected chi connectivity index (χ4v) is 12.5. The molecule has 0 bridgehead atoms. The quantitative estimate of drug-likeness (QED) is 0.0486. The highest BCUT2D eigenvalue weighted by molar-refractivity contribution is 7.10. The SMILES string of the molecule is O=C(Nc1nc(-c2cc(OCCN3CCCCC3)ccn2)ns1)c1ccc(C(F)(F)F)cc1.O=C(Nc1nc(-c2cc(OCCN3CCCCC3)ccn2)ns1)c1ccc(C(F)(F)F)cc1.O=C(Nc1nc(-c2cc(On3nnc4cccnc43)ccn2)ns1)c1ccc(C(F)(F)F)cc1.OCCN1CCOCC1. The number of amides is 3. The molecular weight excluding hydrogens is 1500 g/mol. The van der Waals surface area contributed by atoms with Gasteiger partial charge in [-0.2, -0.15) is 67.6 Å². The van der Waals surface area contributed by atoms with E-state index in [4.69, 9.17) is 24.2 Å². The number of alkyl halides is 9. The molecule has 14 rings (SSSR count). The molecule has 27 nitrogen and oxygen atoms in total. The molecule has 0 spiro atoms. The summed E-state index contributed by atoms with van der Waals surface area (Å²) < 4.78 is 144. The van der Waals surface area contributed by atoms with Gasteiger partial charge >= 0.3 is 18.5 Å². The van der Waals surface area contributed by atoms with Crippen molar-refractivity contribution in [1.82, 2.24) is 77.9 Å². The summed E-state index contributed by atoms with van der Waals surface area (Å²) in [7, 11) is 0. The summed E-state index contributed by atoms with van der Waals surface area (Å²) in [4.78, 5) is 80.5. The number of hydrogen-bond donors (Lipinski definition) is 4. The molecule has 3 saturated heterocycles. The summed E-state index contributed by atoms with van der Waals surface area (Å²) in [6.45, 7) is 11.9. The standard InChI is InChI=1S/2C22H22F3N5O2S.C20H11F3N8O2S.C6H13NO2/c2*23-22(24,25)16-6-4-15(5-7-16)20(31)28-21-27-19(29-33-21)18-14-17(8-9-26-18)32-13-12-30-10-2-1-3-11-30;21-20(22,23)12-5-3-11(4-6-12)18(32)27-19-26-16(29-34-19)15-10-13(7-9-24-15)33-31-17-14(28-30-31)2-1-8-25-17;8-4-1-7-2-5-9-6-3-7/h2*4-9,14H,1-3,10-13H2,(H,27,28,29,31);1-10H,(H,26,27,29,32);8H,1-6H2. The highest BCUT2D eigenvalue weighted by Gasteiger charge is 2.33. The molecule has 0 atom stereocenters. The van der Waals surface area contributed by atoms with Gasteiger partial charge in [0.2, 0.25) is 21.0 Å². The number of fused-ring (bicyclic) bond motifs is 1. The molecule has 4 N–H and O–H groups in total. The lowest BCUT2D eigenvalue weighted by Gasteiger charge is -2.26. The average Bonchev–Trinajstić information content (AvgIpc) is 1.76. The van der Waals surface area contributed by atoms with Crippen LogP contribution in [0.1, 0.15) is 86.3 Å². The molecule has 3 amide bonds. The van der Waals surface area contributed by atoms with Gasteiger partial charge in [0, 0.05) is 133 Å². The Kier molecular flexibility index (Phi) is 27.6. The summed E-state index contributed by atoms with van der Waals surface area (Å²) >= 11 is 2.81. The zero-order chi connectivity index (χ0) is 76.8. The molecule has 3 aliphatic heterocycles. The molecule has 11 aromatic rings. The molecule has 39 heteroatoms. The predicted molar refractivity (Wildman–Crippen MR) is 385 cm³/mol. The number of benzene rings is 3. The number of morpholine rings is 1. The number of carbonyl (C=O) groups excluding carboxylic acids is 3. The van der Waals surface area contributed by atoms with Gasteiger partial charge in [-0.3, -0.25) is 60.0 Å². The minimum atomic E-state index is -4.48. The third kappa shape index (κ3) is 23.7. The van der Waals surface area contributed by atoms with Crippen molar-refractivity contribution in [3.05, 3.63) is 179 Å². The predicted octanol–water partition coefficient (Wildman–Crippen LogP) is 12.6. The van der Waals surface area contributed by atoms with Crippen LogP contribution in [0.4, 0.5) is 54.9 Å². The number of nitrogens with zero attached hydrogens (tertiary/aromatic N) is 16. The van der Waals surface area contributed by atoms with E-state index in [9.17, 15) is 53.9 Å². The zero-order valence-corrected chi connectivity index (χ0v) is 60.0. The number of aliphatic hydroxyl groups excluding tert-OH is 1. The van der Waals surface area contributed by atoms with E-state index >= 15 is 0 Å². The number of likely N-dealkylation sites (tertiary alicyclic amines) is 2. The Morgan fingerprint density at radius 1 is 0.459 bits per heavy atom. The maximum atomic E-state index is 12.7. The van der Waals surface area contributed by atoms with E-state index in [0.29, 0.717) is 70.4 Å². The Labute approximate surface area is 628 Å². The number of pyridine rings is 4. The molecule has 3 fully saturated rings. The Morgan fingerprint density at radius 3 is 1.22 bits per heavy atom. The van der Waals surface area contributed by atoms with E-state index < -0.39 is 52.9 Å². The molecular formula is C70H68F9N19O8S3. The van der Waals surface area contributed by atoms with Crippen molar-refractivity contribution in [3.8, 4) is 51.8 Å². The molecule has 572 valence electrons. The van der Waals surface area contributed by atoms with E-state index in [1.165, 1.54) is 49.6 Å². The van der Waals surface area contributed by atoms with Gasteiger partial charge in [-0.05, 0) is 154 Å². The second kappa shape index (κ2) is 37.9. The van der Waals surface area contributed by atoms with Gasteiger partial charge < -0.3 is 24.2 Å². The van der Waals surface area contributed by atoms with Crippen LogP contribution >= 0.6 is 34.6 Å². The van der Waals surface area contributed by atoms with Crippen LogP contribution in [0.3, 0.4) is 0 Å². The maximum absolute atomic E-state index is 12.7. The van der Waals surface area contributed by atoms with Gasteiger partial charge in [-0.25, -0.2) is 4.98 Å². The minimum Gasteiger partial charge on any atom is -0.492 e. The van der Waals surface area contributed by atoms with Crippen LogP contribution in [0.25, 0.3) is 45.7 Å². The molecule has 8 aromatic heterocycles. The van der Waals surface area contributed by atoms with E-state index in [0.717, 1.165) is 180 Å².